The maximum atomic E-state index is 14.4. The van der Waals surface area contributed by atoms with Crippen molar-refractivity contribution in [2.75, 3.05) is 0 Å². The molecule has 2 atom stereocenters. The summed E-state index contributed by atoms with van der Waals surface area (Å²) >= 11 is 0. The van der Waals surface area contributed by atoms with E-state index < -0.39 is 28.3 Å². The molecule has 0 unspecified atom stereocenters. The van der Waals surface area contributed by atoms with Crippen LogP contribution in [0.4, 0.5) is 0 Å². The third-order valence-corrected chi connectivity index (χ3v) is 7.85. The zero-order valence-corrected chi connectivity index (χ0v) is 24.5. The Morgan fingerprint density at radius 1 is 0.780 bits per heavy atom. The van der Waals surface area contributed by atoms with E-state index >= 15 is 0 Å². The summed E-state index contributed by atoms with van der Waals surface area (Å²) in [7, 11) is 0. The van der Waals surface area contributed by atoms with E-state index in [4.69, 9.17) is 4.74 Å². The number of phenols is 1. The molecule has 5 rings (SSSR count). The van der Waals surface area contributed by atoms with Crippen LogP contribution in [-0.2, 0) is 21.2 Å². The molecule has 2 N–H and O–H groups in total. The number of hydrogen-bond donors (Lipinski definition) is 2. The minimum atomic E-state index is -1.59. The molecule has 5 nitrogen and oxygen atoms in total. The summed E-state index contributed by atoms with van der Waals surface area (Å²) in [4.78, 5) is 28.2. The second-order valence-corrected chi connectivity index (χ2v) is 12.8. The largest absolute Gasteiger partial charge is 0.507 e. The fourth-order valence-electron chi connectivity index (χ4n) is 5.76. The van der Waals surface area contributed by atoms with E-state index in [-0.39, 0.29) is 11.7 Å². The third-order valence-electron chi connectivity index (χ3n) is 7.85. The molecule has 1 aliphatic heterocycles. The van der Waals surface area contributed by atoms with Gasteiger partial charge in [-0.2, -0.15) is 0 Å². The van der Waals surface area contributed by atoms with Gasteiger partial charge in [-0.3, -0.25) is 4.79 Å². The standard InChI is InChI=1S/C36H37NO4/c1-34(2,3)27-21-24(22-28(31(27)38)35(4,5)6)30-26-19-13-14-20-29(26)41-33(40)36(30,25-17-11-8-12-18-25)37-32(39)23-15-9-7-10-16-23/h7-22,30,38H,1-6H3,(H,37,39)/t30-,36+/m1/s1. The van der Waals surface area contributed by atoms with Gasteiger partial charge in [0.05, 0.1) is 5.92 Å². The smallest absolute Gasteiger partial charge is 0.343 e. The Kier molecular flexibility index (Phi) is 7.02. The molecule has 0 radical (unpaired) electrons. The van der Waals surface area contributed by atoms with Crippen LogP contribution in [0.15, 0.2) is 97.1 Å². The first-order chi connectivity index (χ1) is 19.3. The van der Waals surface area contributed by atoms with E-state index in [9.17, 15) is 14.7 Å². The number of carbonyl (C=O) groups is 2. The molecule has 1 aliphatic rings. The SMILES string of the molecule is CC(C)(C)c1cc([C@@H]2c3ccccc3OC(=O)[C@]2(NC(=O)c2ccccc2)c2ccccc2)cc(C(C)(C)C)c1O. The van der Waals surface area contributed by atoms with Crippen molar-refractivity contribution >= 4 is 11.9 Å². The molecule has 0 saturated carbocycles. The number of rotatable bonds is 4. The monoisotopic (exact) mass is 547 g/mol. The summed E-state index contributed by atoms with van der Waals surface area (Å²) in [6.45, 7) is 12.4. The Bertz CT molecular complexity index is 1560. The normalized spacial score (nSPS) is 18.8. The molecule has 0 aromatic heterocycles. The highest BCUT2D eigenvalue weighted by molar-refractivity contribution is 6.00. The second kappa shape index (κ2) is 10.2. The van der Waals surface area contributed by atoms with Crippen molar-refractivity contribution in [3.8, 4) is 11.5 Å². The summed E-state index contributed by atoms with van der Waals surface area (Å²) in [5, 5.41) is 14.7. The number of hydrogen-bond acceptors (Lipinski definition) is 4. The summed E-state index contributed by atoms with van der Waals surface area (Å²) in [5.41, 5.74) is 1.79. The molecular weight excluding hydrogens is 510 g/mol. The van der Waals surface area contributed by atoms with Gasteiger partial charge in [-0.05, 0) is 51.3 Å². The van der Waals surface area contributed by atoms with E-state index in [1.807, 2.05) is 66.7 Å². The van der Waals surface area contributed by atoms with Gasteiger partial charge in [0.1, 0.15) is 11.5 Å². The molecule has 4 aromatic carbocycles. The van der Waals surface area contributed by atoms with Gasteiger partial charge in [0.25, 0.3) is 5.91 Å². The number of nitrogens with one attached hydrogen (secondary N) is 1. The van der Waals surface area contributed by atoms with Gasteiger partial charge in [0.15, 0.2) is 5.54 Å². The Morgan fingerprint density at radius 2 is 1.29 bits per heavy atom. The quantitative estimate of drug-likeness (QED) is 0.207. The number of aromatic hydroxyl groups is 1. The van der Waals surface area contributed by atoms with Crippen LogP contribution in [0.25, 0.3) is 0 Å². The molecule has 4 aromatic rings. The van der Waals surface area contributed by atoms with Gasteiger partial charge in [-0.1, -0.05) is 120 Å². The number of para-hydroxylation sites is 1. The number of carbonyl (C=O) groups excluding carboxylic acids is 2. The highest BCUT2D eigenvalue weighted by Gasteiger charge is 2.55. The maximum Gasteiger partial charge on any atom is 0.343 e. The molecule has 41 heavy (non-hydrogen) atoms. The van der Waals surface area contributed by atoms with Gasteiger partial charge in [0, 0.05) is 11.1 Å². The number of amides is 1. The van der Waals surface area contributed by atoms with Crippen LogP contribution in [0, 0.1) is 0 Å². The van der Waals surface area contributed by atoms with Crippen LogP contribution in [-0.4, -0.2) is 17.0 Å². The Balaban J connectivity index is 1.87. The van der Waals surface area contributed by atoms with Crippen molar-refractivity contribution < 1.29 is 19.4 Å². The maximum absolute atomic E-state index is 14.4. The van der Waals surface area contributed by atoms with Crippen LogP contribution < -0.4 is 10.1 Å². The van der Waals surface area contributed by atoms with Gasteiger partial charge in [-0.25, -0.2) is 4.79 Å². The Morgan fingerprint density at radius 3 is 1.85 bits per heavy atom. The average Bonchev–Trinajstić information content (AvgIpc) is 2.93. The van der Waals surface area contributed by atoms with Crippen molar-refractivity contribution in [3.63, 3.8) is 0 Å². The van der Waals surface area contributed by atoms with Crippen molar-refractivity contribution in [3.05, 3.63) is 130 Å². The summed E-state index contributed by atoms with van der Waals surface area (Å²) < 4.78 is 6.01. The van der Waals surface area contributed by atoms with Crippen molar-refractivity contribution in [2.24, 2.45) is 0 Å². The van der Waals surface area contributed by atoms with E-state index in [2.05, 4.69) is 46.9 Å². The van der Waals surface area contributed by atoms with E-state index in [0.29, 0.717) is 16.9 Å². The number of phenolic OH excluding ortho intramolecular Hbond substituents is 1. The van der Waals surface area contributed by atoms with E-state index in [1.165, 1.54) is 0 Å². The van der Waals surface area contributed by atoms with Crippen molar-refractivity contribution in [1.82, 2.24) is 5.32 Å². The zero-order valence-electron chi connectivity index (χ0n) is 24.5. The lowest BCUT2D eigenvalue weighted by Gasteiger charge is -2.44. The highest BCUT2D eigenvalue weighted by atomic mass is 16.5. The zero-order chi connectivity index (χ0) is 29.6. The predicted octanol–water partition coefficient (Wildman–Crippen LogP) is 7.36. The number of fused-ring (bicyclic) bond motifs is 1. The summed E-state index contributed by atoms with van der Waals surface area (Å²) in [6.07, 6.45) is 0. The first kappa shape index (κ1) is 28.2. The average molecular weight is 548 g/mol. The minimum Gasteiger partial charge on any atom is -0.507 e. The molecule has 0 saturated heterocycles. The third kappa shape index (κ3) is 5.01. The molecule has 0 bridgehead atoms. The molecule has 0 spiro atoms. The minimum absolute atomic E-state index is 0.249. The Hall–Kier alpha value is -4.38. The molecule has 0 fully saturated rings. The molecule has 210 valence electrons. The molecule has 5 heteroatoms. The van der Waals surface area contributed by atoms with Crippen molar-refractivity contribution in [1.29, 1.82) is 0 Å². The second-order valence-electron chi connectivity index (χ2n) is 12.8. The van der Waals surface area contributed by atoms with Crippen LogP contribution in [0.3, 0.4) is 0 Å². The van der Waals surface area contributed by atoms with Crippen molar-refractivity contribution in [2.45, 2.75) is 63.8 Å². The lowest BCUT2D eigenvalue weighted by molar-refractivity contribution is -0.144. The van der Waals surface area contributed by atoms with Gasteiger partial charge in [0.2, 0.25) is 0 Å². The first-order valence-corrected chi connectivity index (χ1v) is 14.0. The lowest BCUT2D eigenvalue weighted by atomic mass is 9.67. The van der Waals surface area contributed by atoms with Crippen LogP contribution in [0.1, 0.15) is 85.6 Å². The molecule has 0 aliphatic carbocycles. The number of benzene rings is 4. The predicted molar refractivity (Wildman–Crippen MR) is 161 cm³/mol. The first-order valence-electron chi connectivity index (χ1n) is 14.0. The molecule has 1 amide bonds. The van der Waals surface area contributed by atoms with E-state index in [0.717, 1.165) is 22.3 Å². The molecular formula is C36H37NO4. The van der Waals surface area contributed by atoms with Gasteiger partial charge >= 0.3 is 5.97 Å². The number of esters is 1. The summed E-state index contributed by atoms with van der Waals surface area (Å²) in [6, 6.07) is 29.6. The fourth-order valence-corrected chi connectivity index (χ4v) is 5.76. The highest BCUT2D eigenvalue weighted by Crippen LogP contribution is 2.52. The van der Waals surface area contributed by atoms with Crippen LogP contribution >= 0.6 is 0 Å². The van der Waals surface area contributed by atoms with Gasteiger partial charge < -0.3 is 15.2 Å². The van der Waals surface area contributed by atoms with Gasteiger partial charge in [-0.15, -0.1) is 0 Å². The summed E-state index contributed by atoms with van der Waals surface area (Å²) in [5.74, 6) is -0.913. The lowest BCUT2D eigenvalue weighted by Crippen LogP contribution is -2.59. The molecule has 1 heterocycles. The van der Waals surface area contributed by atoms with Crippen LogP contribution in [0.5, 0.6) is 11.5 Å². The van der Waals surface area contributed by atoms with E-state index in [1.54, 1.807) is 30.3 Å². The topological polar surface area (TPSA) is 75.6 Å². The Labute approximate surface area is 242 Å². The number of ether oxygens (including phenoxy) is 1. The van der Waals surface area contributed by atoms with Crippen LogP contribution in [0.2, 0.25) is 0 Å². The fraction of sp³-hybridized carbons (Fsp3) is 0.278.